The molecule has 0 fully saturated rings. The summed E-state index contributed by atoms with van der Waals surface area (Å²) in [6.07, 6.45) is 0. The number of hydrogen-bond acceptors (Lipinski definition) is 2. The molecule has 0 saturated heterocycles. The zero-order chi connectivity index (χ0) is 21.1. The monoisotopic (exact) mass is 415 g/mol. The number of amides is 1. The quantitative estimate of drug-likeness (QED) is 0.451. The van der Waals surface area contributed by atoms with Gasteiger partial charge in [-0.1, -0.05) is 77.8 Å². The van der Waals surface area contributed by atoms with E-state index in [1.165, 1.54) is 0 Å². The minimum absolute atomic E-state index is 0.190. The lowest BCUT2D eigenvalue weighted by molar-refractivity contribution is 0.0943. The minimum atomic E-state index is -0.190. The van der Waals surface area contributed by atoms with Crippen molar-refractivity contribution < 1.29 is 4.79 Å². The van der Waals surface area contributed by atoms with Gasteiger partial charge in [0.05, 0.1) is 16.4 Å². The van der Waals surface area contributed by atoms with Crippen molar-refractivity contribution in [1.82, 2.24) is 15.1 Å². The van der Waals surface area contributed by atoms with Crippen LogP contribution in [0.15, 0.2) is 78.9 Å². The average Bonchev–Trinajstić information content (AvgIpc) is 3.18. The normalized spacial score (nSPS) is 10.8. The highest BCUT2D eigenvalue weighted by Gasteiger charge is 2.19. The number of rotatable bonds is 5. The van der Waals surface area contributed by atoms with E-state index in [2.05, 4.69) is 11.4 Å². The van der Waals surface area contributed by atoms with Crippen molar-refractivity contribution in [3.05, 3.63) is 106 Å². The summed E-state index contributed by atoms with van der Waals surface area (Å²) >= 11 is 6.39. The highest BCUT2D eigenvalue weighted by molar-refractivity contribution is 6.33. The number of hydrogen-bond donors (Lipinski definition) is 1. The molecule has 1 aromatic heterocycles. The third-order valence-electron chi connectivity index (χ3n) is 4.97. The number of carbonyl (C=O) groups is 1. The fraction of sp³-hybridized carbons (Fsp3) is 0.120. The third-order valence-corrected chi connectivity index (χ3v) is 5.30. The topological polar surface area (TPSA) is 46.9 Å². The maximum Gasteiger partial charge on any atom is 0.270 e. The minimum Gasteiger partial charge on any atom is -0.347 e. The van der Waals surface area contributed by atoms with Gasteiger partial charge in [0.25, 0.3) is 5.91 Å². The van der Waals surface area contributed by atoms with Crippen molar-refractivity contribution in [1.29, 1.82) is 0 Å². The highest BCUT2D eigenvalue weighted by Crippen LogP contribution is 2.29. The van der Waals surface area contributed by atoms with Crippen molar-refractivity contribution in [2.45, 2.75) is 20.4 Å². The van der Waals surface area contributed by atoms with Gasteiger partial charge in [-0.3, -0.25) is 4.79 Å². The van der Waals surface area contributed by atoms with Crippen LogP contribution < -0.4 is 5.32 Å². The Hall–Kier alpha value is -3.37. The van der Waals surface area contributed by atoms with Crippen LogP contribution in [0.1, 0.15) is 27.2 Å². The molecular formula is C25H22ClN3O. The number of aromatic nitrogens is 2. The van der Waals surface area contributed by atoms with E-state index in [4.69, 9.17) is 16.7 Å². The zero-order valence-electron chi connectivity index (χ0n) is 16.9. The predicted molar refractivity (Wildman–Crippen MR) is 121 cm³/mol. The second kappa shape index (κ2) is 8.56. The molecule has 5 heteroatoms. The second-order valence-electron chi connectivity index (χ2n) is 7.26. The summed E-state index contributed by atoms with van der Waals surface area (Å²) in [7, 11) is 0. The second-order valence-corrected chi connectivity index (χ2v) is 7.67. The standard InChI is InChI=1S/C25H22ClN3O/c1-17-12-13-23(18(2)14-17)29-24(25(30)27-16-19-8-4-3-5-9-19)15-22(28-29)20-10-6-7-11-21(20)26/h3-15H,16H2,1-2H3,(H,27,30). The molecule has 1 heterocycles. The van der Waals surface area contributed by atoms with Crippen LogP contribution in [0.25, 0.3) is 16.9 Å². The molecular weight excluding hydrogens is 394 g/mol. The molecule has 4 aromatic rings. The molecule has 0 atom stereocenters. The summed E-state index contributed by atoms with van der Waals surface area (Å²) in [5, 5.41) is 8.35. The molecule has 1 amide bonds. The van der Waals surface area contributed by atoms with E-state index in [1.54, 1.807) is 10.7 Å². The Labute approximate surface area is 181 Å². The molecule has 0 radical (unpaired) electrons. The lowest BCUT2D eigenvalue weighted by Crippen LogP contribution is -2.25. The summed E-state index contributed by atoms with van der Waals surface area (Å²) in [4.78, 5) is 13.1. The summed E-state index contributed by atoms with van der Waals surface area (Å²) in [6, 6.07) is 25.2. The first-order chi connectivity index (χ1) is 14.5. The molecule has 4 rings (SSSR count). The molecule has 30 heavy (non-hydrogen) atoms. The van der Waals surface area contributed by atoms with Gasteiger partial charge in [-0.25, -0.2) is 4.68 Å². The van der Waals surface area contributed by atoms with Crippen molar-refractivity contribution in [3.8, 4) is 16.9 Å². The van der Waals surface area contributed by atoms with Crippen molar-refractivity contribution in [2.24, 2.45) is 0 Å². The molecule has 0 aliphatic rings. The van der Waals surface area contributed by atoms with Gasteiger partial charge in [-0.15, -0.1) is 0 Å². The van der Waals surface area contributed by atoms with Crippen LogP contribution in [0.4, 0.5) is 0 Å². The predicted octanol–water partition coefficient (Wildman–Crippen LogP) is 5.74. The van der Waals surface area contributed by atoms with Gasteiger partial charge < -0.3 is 5.32 Å². The average molecular weight is 416 g/mol. The zero-order valence-corrected chi connectivity index (χ0v) is 17.6. The maximum absolute atomic E-state index is 13.1. The number of nitrogens with one attached hydrogen (secondary N) is 1. The van der Waals surface area contributed by atoms with E-state index in [-0.39, 0.29) is 5.91 Å². The number of halogens is 1. The van der Waals surface area contributed by atoms with E-state index in [1.807, 2.05) is 80.6 Å². The van der Waals surface area contributed by atoms with E-state index >= 15 is 0 Å². The van der Waals surface area contributed by atoms with Crippen LogP contribution in [0, 0.1) is 13.8 Å². The smallest absolute Gasteiger partial charge is 0.270 e. The maximum atomic E-state index is 13.1. The Kier molecular flexibility index (Phi) is 5.68. The molecule has 0 aliphatic carbocycles. The summed E-state index contributed by atoms with van der Waals surface area (Å²) in [5.74, 6) is -0.190. The first-order valence-corrected chi connectivity index (χ1v) is 10.2. The molecule has 0 aliphatic heterocycles. The van der Waals surface area contributed by atoms with Gasteiger partial charge in [-0.2, -0.15) is 5.10 Å². The Morgan fingerprint density at radius 1 is 0.967 bits per heavy atom. The summed E-state index contributed by atoms with van der Waals surface area (Å²) < 4.78 is 1.70. The molecule has 150 valence electrons. The first kappa shape index (κ1) is 19.9. The van der Waals surface area contributed by atoms with Gasteiger partial charge in [0, 0.05) is 12.1 Å². The lowest BCUT2D eigenvalue weighted by atomic mass is 10.1. The fourth-order valence-electron chi connectivity index (χ4n) is 3.44. The largest absolute Gasteiger partial charge is 0.347 e. The highest BCUT2D eigenvalue weighted by atomic mass is 35.5. The lowest BCUT2D eigenvalue weighted by Gasteiger charge is -2.11. The van der Waals surface area contributed by atoms with E-state index in [0.29, 0.717) is 23.0 Å². The number of carbonyl (C=O) groups excluding carboxylic acids is 1. The fourth-order valence-corrected chi connectivity index (χ4v) is 3.67. The molecule has 4 nitrogen and oxygen atoms in total. The SMILES string of the molecule is Cc1ccc(-n2nc(-c3ccccc3Cl)cc2C(=O)NCc2ccccc2)c(C)c1. The Morgan fingerprint density at radius 2 is 1.70 bits per heavy atom. The summed E-state index contributed by atoms with van der Waals surface area (Å²) in [6.45, 7) is 4.51. The molecule has 0 spiro atoms. The summed E-state index contributed by atoms with van der Waals surface area (Å²) in [5.41, 5.74) is 6.02. The molecule has 0 saturated carbocycles. The van der Waals surface area contributed by atoms with Crippen LogP contribution in [-0.4, -0.2) is 15.7 Å². The van der Waals surface area contributed by atoms with Crippen molar-refractivity contribution in [3.63, 3.8) is 0 Å². The molecule has 0 unspecified atom stereocenters. The molecule has 0 bridgehead atoms. The van der Waals surface area contributed by atoms with Crippen molar-refractivity contribution >= 4 is 17.5 Å². The number of nitrogens with zero attached hydrogens (tertiary/aromatic N) is 2. The van der Waals surface area contributed by atoms with Gasteiger partial charge in [-0.05, 0) is 43.2 Å². The third kappa shape index (κ3) is 4.14. The van der Waals surface area contributed by atoms with E-state index < -0.39 is 0 Å². The first-order valence-electron chi connectivity index (χ1n) is 9.77. The van der Waals surface area contributed by atoms with Gasteiger partial charge in [0.1, 0.15) is 5.69 Å². The van der Waals surface area contributed by atoms with Crippen LogP contribution >= 0.6 is 11.6 Å². The Bertz CT molecular complexity index is 1200. The van der Waals surface area contributed by atoms with Crippen LogP contribution in [0.3, 0.4) is 0 Å². The number of benzene rings is 3. The van der Waals surface area contributed by atoms with Gasteiger partial charge in [0.15, 0.2) is 0 Å². The Balaban J connectivity index is 1.75. The number of aryl methyl sites for hydroxylation is 2. The van der Waals surface area contributed by atoms with Gasteiger partial charge in [0.2, 0.25) is 0 Å². The van der Waals surface area contributed by atoms with E-state index in [9.17, 15) is 4.79 Å². The van der Waals surface area contributed by atoms with Gasteiger partial charge >= 0.3 is 0 Å². The molecule has 1 N–H and O–H groups in total. The van der Waals surface area contributed by atoms with Crippen LogP contribution in [-0.2, 0) is 6.54 Å². The van der Waals surface area contributed by atoms with Crippen LogP contribution in [0.2, 0.25) is 5.02 Å². The van der Waals surface area contributed by atoms with Crippen LogP contribution in [0.5, 0.6) is 0 Å². The molecule has 3 aromatic carbocycles. The Morgan fingerprint density at radius 3 is 2.43 bits per heavy atom. The van der Waals surface area contributed by atoms with E-state index in [0.717, 1.165) is 27.9 Å². The van der Waals surface area contributed by atoms with Crippen molar-refractivity contribution in [2.75, 3.05) is 0 Å².